The zero-order valence-corrected chi connectivity index (χ0v) is 14.8. The average Bonchev–Trinajstić information content (AvgIpc) is 2.55. The van der Waals surface area contributed by atoms with E-state index >= 15 is 0 Å². The quantitative estimate of drug-likeness (QED) is 0.897. The van der Waals surface area contributed by atoms with Crippen molar-refractivity contribution in [3.05, 3.63) is 28.2 Å². The number of aromatic nitrogens is 1. The van der Waals surface area contributed by atoms with Crippen LogP contribution in [-0.4, -0.2) is 34.4 Å². The van der Waals surface area contributed by atoms with Crippen molar-refractivity contribution in [3.8, 4) is 0 Å². The predicted octanol–water partition coefficient (Wildman–Crippen LogP) is 2.15. The lowest BCUT2D eigenvalue weighted by atomic mass is 9.99. The van der Waals surface area contributed by atoms with Crippen LogP contribution in [0.4, 0.5) is 5.69 Å². The second-order valence-corrected chi connectivity index (χ2v) is 6.64. The number of rotatable bonds is 5. The van der Waals surface area contributed by atoms with Gasteiger partial charge >= 0.3 is 0 Å². The minimum absolute atomic E-state index is 0.0243. The molecule has 24 heavy (non-hydrogen) atoms. The summed E-state index contributed by atoms with van der Waals surface area (Å²) in [5.74, 6) is 0.432. The molecule has 2 heterocycles. The van der Waals surface area contributed by atoms with E-state index in [9.17, 15) is 14.4 Å². The third kappa shape index (κ3) is 4.46. The first-order chi connectivity index (χ1) is 11.4. The number of carbonyl (C=O) groups excluding carboxylic acids is 2. The van der Waals surface area contributed by atoms with Gasteiger partial charge in [0.05, 0.1) is 0 Å². The third-order valence-corrected chi connectivity index (χ3v) is 4.57. The smallest absolute Gasteiger partial charge is 0.274 e. The van der Waals surface area contributed by atoms with Gasteiger partial charge in [0.1, 0.15) is 12.2 Å². The molecule has 2 amide bonds. The van der Waals surface area contributed by atoms with Crippen molar-refractivity contribution < 1.29 is 9.59 Å². The molecule has 132 valence electrons. The fourth-order valence-corrected chi connectivity index (χ4v) is 2.90. The summed E-state index contributed by atoms with van der Waals surface area (Å²) >= 11 is 0. The van der Waals surface area contributed by atoms with Crippen LogP contribution >= 0.6 is 0 Å². The van der Waals surface area contributed by atoms with Gasteiger partial charge in [-0.2, -0.15) is 0 Å². The molecule has 1 aliphatic rings. The van der Waals surface area contributed by atoms with E-state index in [1.807, 2.05) is 11.8 Å². The summed E-state index contributed by atoms with van der Waals surface area (Å²) in [6, 6.07) is 3.36. The second kappa shape index (κ2) is 8.13. The van der Waals surface area contributed by atoms with Crippen molar-refractivity contribution in [2.45, 2.75) is 53.0 Å². The molecule has 0 spiro atoms. The van der Waals surface area contributed by atoms with E-state index in [1.54, 1.807) is 19.1 Å². The van der Waals surface area contributed by atoms with Crippen LogP contribution in [0.25, 0.3) is 0 Å². The summed E-state index contributed by atoms with van der Waals surface area (Å²) in [5.41, 5.74) is 0.629. The Bertz CT molecular complexity index is 658. The van der Waals surface area contributed by atoms with Crippen LogP contribution < -0.4 is 10.9 Å². The highest BCUT2D eigenvalue weighted by Crippen LogP contribution is 2.16. The van der Waals surface area contributed by atoms with Crippen LogP contribution in [0.15, 0.2) is 16.9 Å². The molecule has 1 aromatic heterocycles. The largest absolute Gasteiger partial charge is 0.341 e. The van der Waals surface area contributed by atoms with E-state index in [4.69, 9.17) is 0 Å². The minimum Gasteiger partial charge on any atom is -0.341 e. The lowest BCUT2D eigenvalue weighted by molar-refractivity contribution is -0.133. The maximum absolute atomic E-state index is 12.6. The molecule has 6 heteroatoms. The SMILES string of the molecule is CCCC(=O)Nc1ccc(C)n(CC(=O)N2CCC(C)CC2)c1=O. The first kappa shape index (κ1) is 18.2. The number of amides is 2. The normalized spacial score (nSPS) is 15.4. The predicted molar refractivity (Wildman–Crippen MR) is 94.0 cm³/mol. The molecule has 0 bridgehead atoms. The average molecular weight is 333 g/mol. The Morgan fingerprint density at radius 1 is 1.25 bits per heavy atom. The van der Waals surface area contributed by atoms with Gasteiger partial charge in [-0.25, -0.2) is 0 Å². The van der Waals surface area contributed by atoms with Gasteiger partial charge in [0, 0.05) is 25.2 Å². The summed E-state index contributed by atoms with van der Waals surface area (Å²) in [6.07, 6.45) is 3.11. The van der Waals surface area contributed by atoms with Gasteiger partial charge in [0.2, 0.25) is 11.8 Å². The van der Waals surface area contributed by atoms with E-state index in [-0.39, 0.29) is 29.6 Å². The zero-order valence-electron chi connectivity index (χ0n) is 14.8. The number of hydrogen-bond donors (Lipinski definition) is 1. The first-order valence-corrected chi connectivity index (χ1v) is 8.70. The minimum atomic E-state index is -0.321. The summed E-state index contributed by atoms with van der Waals surface area (Å²) in [4.78, 5) is 38.6. The van der Waals surface area contributed by atoms with Crippen LogP contribution in [0.1, 0.15) is 45.2 Å². The molecule has 0 unspecified atom stereocenters. The van der Waals surface area contributed by atoms with Gasteiger partial charge in [0.25, 0.3) is 5.56 Å². The Morgan fingerprint density at radius 2 is 1.92 bits per heavy atom. The maximum atomic E-state index is 12.6. The number of carbonyl (C=O) groups is 2. The summed E-state index contributed by atoms with van der Waals surface area (Å²) < 4.78 is 1.45. The monoisotopic (exact) mass is 333 g/mol. The Morgan fingerprint density at radius 3 is 2.54 bits per heavy atom. The van der Waals surface area contributed by atoms with Crippen molar-refractivity contribution in [2.24, 2.45) is 5.92 Å². The van der Waals surface area contributed by atoms with Crippen LogP contribution in [0.5, 0.6) is 0 Å². The standard InChI is InChI=1S/C18H27N3O3/c1-4-5-16(22)19-15-7-6-14(3)21(18(15)24)12-17(23)20-10-8-13(2)9-11-20/h6-7,13H,4-5,8-12H2,1-3H3,(H,19,22). The fourth-order valence-electron chi connectivity index (χ4n) is 2.90. The number of nitrogens with one attached hydrogen (secondary N) is 1. The molecule has 0 saturated carbocycles. The van der Waals surface area contributed by atoms with Crippen LogP contribution in [0.2, 0.25) is 0 Å². The summed E-state index contributed by atoms with van der Waals surface area (Å²) in [6.45, 7) is 7.42. The Labute approximate surface area is 142 Å². The Kier molecular flexibility index (Phi) is 6.17. The molecule has 1 aromatic rings. The molecule has 6 nitrogen and oxygen atoms in total. The highest BCUT2D eigenvalue weighted by Gasteiger charge is 2.21. The van der Waals surface area contributed by atoms with Gasteiger partial charge in [-0.05, 0) is 44.2 Å². The van der Waals surface area contributed by atoms with Gasteiger partial charge in [-0.1, -0.05) is 13.8 Å². The lowest BCUT2D eigenvalue weighted by Gasteiger charge is -2.30. The topological polar surface area (TPSA) is 71.4 Å². The molecular formula is C18H27N3O3. The number of nitrogens with zero attached hydrogens (tertiary/aromatic N) is 2. The number of pyridine rings is 1. The molecule has 0 aromatic carbocycles. The van der Waals surface area contributed by atoms with Crippen molar-refractivity contribution in [3.63, 3.8) is 0 Å². The number of anilines is 1. The molecule has 0 radical (unpaired) electrons. The van der Waals surface area contributed by atoms with E-state index in [1.165, 1.54) is 4.57 Å². The van der Waals surface area contributed by atoms with Crippen LogP contribution in [-0.2, 0) is 16.1 Å². The second-order valence-electron chi connectivity index (χ2n) is 6.64. The van der Waals surface area contributed by atoms with Gasteiger partial charge < -0.3 is 14.8 Å². The number of piperidine rings is 1. The molecule has 1 aliphatic heterocycles. The first-order valence-electron chi connectivity index (χ1n) is 8.70. The molecule has 2 rings (SSSR count). The molecular weight excluding hydrogens is 306 g/mol. The molecule has 1 saturated heterocycles. The maximum Gasteiger partial charge on any atom is 0.274 e. The number of aryl methyl sites for hydroxylation is 1. The molecule has 1 N–H and O–H groups in total. The molecule has 0 atom stereocenters. The van der Waals surface area contributed by atoms with Crippen molar-refractivity contribution >= 4 is 17.5 Å². The van der Waals surface area contributed by atoms with Crippen LogP contribution in [0, 0.1) is 12.8 Å². The molecule has 1 fully saturated rings. The Balaban J connectivity index is 2.13. The number of hydrogen-bond acceptors (Lipinski definition) is 3. The number of likely N-dealkylation sites (tertiary alicyclic amines) is 1. The van der Waals surface area contributed by atoms with Crippen LogP contribution in [0.3, 0.4) is 0 Å². The lowest BCUT2D eigenvalue weighted by Crippen LogP contribution is -2.41. The highest BCUT2D eigenvalue weighted by molar-refractivity contribution is 5.90. The van der Waals surface area contributed by atoms with E-state index < -0.39 is 0 Å². The Hall–Kier alpha value is -2.11. The van der Waals surface area contributed by atoms with E-state index in [2.05, 4.69) is 12.2 Å². The van der Waals surface area contributed by atoms with Gasteiger partial charge in [0.15, 0.2) is 0 Å². The van der Waals surface area contributed by atoms with E-state index in [0.29, 0.717) is 18.0 Å². The highest BCUT2D eigenvalue weighted by atomic mass is 16.2. The molecule has 0 aliphatic carbocycles. The van der Waals surface area contributed by atoms with Gasteiger partial charge in [-0.3, -0.25) is 14.4 Å². The summed E-state index contributed by atoms with van der Waals surface area (Å²) in [5, 5.41) is 2.64. The zero-order chi connectivity index (χ0) is 17.7. The third-order valence-electron chi connectivity index (χ3n) is 4.57. The fraction of sp³-hybridized carbons (Fsp3) is 0.611. The van der Waals surface area contributed by atoms with Gasteiger partial charge in [-0.15, -0.1) is 0 Å². The summed E-state index contributed by atoms with van der Waals surface area (Å²) in [7, 11) is 0. The van der Waals surface area contributed by atoms with Crippen molar-refractivity contribution in [2.75, 3.05) is 18.4 Å². The van der Waals surface area contributed by atoms with Crippen molar-refractivity contribution in [1.82, 2.24) is 9.47 Å². The van der Waals surface area contributed by atoms with Crippen molar-refractivity contribution in [1.29, 1.82) is 0 Å². The van der Waals surface area contributed by atoms with E-state index in [0.717, 1.165) is 32.4 Å².